The highest BCUT2D eigenvalue weighted by atomic mass is 35.5. The van der Waals surface area contributed by atoms with Crippen LogP contribution in [0.4, 0.5) is 18.9 Å². The quantitative estimate of drug-likeness (QED) is 0.476. The van der Waals surface area contributed by atoms with E-state index in [1.165, 1.54) is 12.1 Å². The van der Waals surface area contributed by atoms with Crippen LogP contribution in [0.1, 0.15) is 29.2 Å². The summed E-state index contributed by atoms with van der Waals surface area (Å²) in [6, 6.07) is 9.03. The summed E-state index contributed by atoms with van der Waals surface area (Å²) < 4.78 is 39.6. The summed E-state index contributed by atoms with van der Waals surface area (Å²) in [7, 11) is 1.89. The molecule has 134 valence electrons. The Balaban J connectivity index is 2.42. The van der Waals surface area contributed by atoms with Crippen molar-refractivity contribution in [3.63, 3.8) is 0 Å². The first-order chi connectivity index (χ1) is 11.7. The molecule has 2 rings (SSSR count). The second-order valence-corrected chi connectivity index (χ2v) is 6.29. The number of halogens is 4. The lowest BCUT2D eigenvalue weighted by Crippen LogP contribution is -2.14. The first-order valence-electron chi connectivity index (χ1n) is 7.91. The summed E-state index contributed by atoms with van der Waals surface area (Å²) in [5.41, 5.74) is 1.82. The van der Waals surface area contributed by atoms with Gasteiger partial charge in [-0.05, 0) is 55.2 Å². The van der Waals surface area contributed by atoms with E-state index in [2.05, 4.69) is 4.99 Å². The molecule has 0 fully saturated rings. The fraction of sp³-hybridized carbons (Fsp3) is 0.316. The lowest BCUT2D eigenvalue weighted by atomic mass is 9.96. The highest BCUT2D eigenvalue weighted by molar-refractivity contribution is 6.31. The molecule has 0 bridgehead atoms. The van der Waals surface area contributed by atoms with Crippen LogP contribution >= 0.6 is 11.6 Å². The third-order valence-corrected chi connectivity index (χ3v) is 4.27. The van der Waals surface area contributed by atoms with Gasteiger partial charge >= 0.3 is 6.18 Å². The summed E-state index contributed by atoms with van der Waals surface area (Å²) in [6.45, 7) is 4.64. The molecule has 0 radical (unpaired) electrons. The minimum Gasteiger partial charge on any atom is -0.366 e. The van der Waals surface area contributed by atoms with Gasteiger partial charge in [0.1, 0.15) is 0 Å². The van der Waals surface area contributed by atoms with Crippen LogP contribution in [0.3, 0.4) is 0 Å². The largest absolute Gasteiger partial charge is 0.416 e. The van der Waals surface area contributed by atoms with Gasteiger partial charge in [0.15, 0.2) is 0 Å². The molecule has 0 spiro atoms. The van der Waals surface area contributed by atoms with Crippen molar-refractivity contribution in [2.24, 2.45) is 4.99 Å². The molecular formula is C19H20ClF3N2. The van der Waals surface area contributed by atoms with Gasteiger partial charge in [0.05, 0.1) is 17.6 Å². The number of hydrogen-bond acceptors (Lipinski definition) is 1. The molecular weight excluding hydrogens is 349 g/mol. The second kappa shape index (κ2) is 7.91. The van der Waals surface area contributed by atoms with Crippen molar-refractivity contribution in [1.29, 1.82) is 0 Å². The topological polar surface area (TPSA) is 15.6 Å². The van der Waals surface area contributed by atoms with Crippen LogP contribution in [-0.2, 0) is 12.6 Å². The standard InChI is InChI=1S/C19H20ClF3N2/c1-4-25(3)12-24-18-11-16(20)10-15(13(18)2)9-14-7-5-6-8-17(14)19(21,22)23/h5-8,10-12H,4,9H2,1-3H3/b24-12-. The Labute approximate surface area is 150 Å². The van der Waals surface area contributed by atoms with Gasteiger partial charge < -0.3 is 4.90 Å². The summed E-state index contributed by atoms with van der Waals surface area (Å²) in [6.07, 6.45) is -2.55. The number of benzene rings is 2. The number of aliphatic imine (C=N–C) groups is 1. The minimum absolute atomic E-state index is 0.147. The molecule has 0 amide bonds. The van der Waals surface area contributed by atoms with E-state index in [1.54, 1.807) is 24.5 Å². The maximum Gasteiger partial charge on any atom is 0.416 e. The number of nitrogens with zero attached hydrogens (tertiary/aromatic N) is 2. The molecule has 0 saturated heterocycles. The highest BCUT2D eigenvalue weighted by Gasteiger charge is 2.32. The van der Waals surface area contributed by atoms with E-state index >= 15 is 0 Å². The molecule has 0 aromatic heterocycles. The van der Waals surface area contributed by atoms with Crippen LogP contribution in [0.15, 0.2) is 41.4 Å². The van der Waals surface area contributed by atoms with Gasteiger partial charge in [-0.2, -0.15) is 13.2 Å². The van der Waals surface area contributed by atoms with Crippen molar-refractivity contribution >= 4 is 23.6 Å². The zero-order chi connectivity index (χ0) is 18.6. The van der Waals surface area contributed by atoms with E-state index < -0.39 is 11.7 Å². The first-order valence-corrected chi connectivity index (χ1v) is 8.28. The van der Waals surface area contributed by atoms with Crippen LogP contribution in [0.2, 0.25) is 5.02 Å². The van der Waals surface area contributed by atoms with Gasteiger partial charge in [0.25, 0.3) is 0 Å². The number of alkyl halides is 3. The van der Waals surface area contributed by atoms with Crippen LogP contribution in [0, 0.1) is 6.92 Å². The van der Waals surface area contributed by atoms with Gasteiger partial charge in [0.2, 0.25) is 0 Å². The molecule has 6 heteroatoms. The summed E-state index contributed by atoms with van der Waals surface area (Å²) in [4.78, 5) is 6.31. The van der Waals surface area contributed by atoms with Crippen molar-refractivity contribution < 1.29 is 13.2 Å². The fourth-order valence-corrected chi connectivity index (χ4v) is 2.67. The normalized spacial score (nSPS) is 12.0. The van der Waals surface area contributed by atoms with E-state index in [0.29, 0.717) is 10.7 Å². The molecule has 0 heterocycles. The smallest absolute Gasteiger partial charge is 0.366 e. The Bertz CT molecular complexity index is 770. The zero-order valence-electron chi connectivity index (χ0n) is 14.4. The average molecular weight is 369 g/mol. The minimum atomic E-state index is -4.38. The fourth-order valence-electron chi connectivity index (χ4n) is 2.44. The molecule has 2 aromatic rings. The number of rotatable bonds is 5. The van der Waals surface area contributed by atoms with Crippen LogP contribution < -0.4 is 0 Å². The van der Waals surface area contributed by atoms with Crippen LogP contribution in [0.5, 0.6) is 0 Å². The Hall–Kier alpha value is -2.01. The molecule has 2 nitrogen and oxygen atoms in total. The van der Waals surface area contributed by atoms with Crippen molar-refractivity contribution in [2.75, 3.05) is 13.6 Å². The Morgan fingerprint density at radius 3 is 2.48 bits per heavy atom. The van der Waals surface area contributed by atoms with E-state index in [9.17, 15) is 13.2 Å². The Morgan fingerprint density at radius 1 is 1.16 bits per heavy atom. The van der Waals surface area contributed by atoms with Crippen molar-refractivity contribution in [3.05, 3.63) is 63.7 Å². The van der Waals surface area contributed by atoms with E-state index in [0.717, 1.165) is 23.7 Å². The second-order valence-electron chi connectivity index (χ2n) is 5.86. The third kappa shape index (κ3) is 4.98. The number of hydrogen-bond donors (Lipinski definition) is 0. The van der Waals surface area contributed by atoms with Gasteiger partial charge in [0, 0.05) is 18.6 Å². The molecule has 0 atom stereocenters. The van der Waals surface area contributed by atoms with E-state index in [1.807, 2.05) is 25.8 Å². The zero-order valence-corrected chi connectivity index (χ0v) is 15.1. The molecule has 0 aliphatic carbocycles. The molecule has 0 unspecified atom stereocenters. The maximum absolute atomic E-state index is 13.2. The first kappa shape index (κ1) is 19.3. The van der Waals surface area contributed by atoms with Crippen molar-refractivity contribution in [3.8, 4) is 0 Å². The van der Waals surface area contributed by atoms with Crippen LogP contribution in [0.25, 0.3) is 0 Å². The molecule has 25 heavy (non-hydrogen) atoms. The summed E-state index contributed by atoms with van der Waals surface area (Å²) in [5.74, 6) is 0. The lowest BCUT2D eigenvalue weighted by Gasteiger charge is -2.15. The monoisotopic (exact) mass is 368 g/mol. The predicted octanol–water partition coefficient (Wildman–Crippen LogP) is 5.87. The molecule has 0 aliphatic rings. The van der Waals surface area contributed by atoms with Gasteiger partial charge in [-0.25, -0.2) is 4.99 Å². The SMILES string of the molecule is CCN(C)/C=N\c1cc(Cl)cc(Cc2ccccc2C(F)(F)F)c1C. The van der Waals surface area contributed by atoms with Gasteiger partial charge in [-0.3, -0.25) is 0 Å². The molecule has 0 N–H and O–H groups in total. The molecule has 2 aromatic carbocycles. The van der Waals surface area contributed by atoms with E-state index in [4.69, 9.17) is 11.6 Å². The summed E-state index contributed by atoms with van der Waals surface area (Å²) >= 11 is 6.16. The predicted molar refractivity (Wildman–Crippen MR) is 96.9 cm³/mol. The van der Waals surface area contributed by atoms with Crippen molar-refractivity contribution in [1.82, 2.24) is 4.90 Å². The Kier molecular flexibility index (Phi) is 6.11. The highest BCUT2D eigenvalue weighted by Crippen LogP contribution is 2.35. The van der Waals surface area contributed by atoms with Gasteiger partial charge in [-0.15, -0.1) is 0 Å². The Morgan fingerprint density at radius 2 is 1.84 bits per heavy atom. The molecule has 0 saturated carbocycles. The summed E-state index contributed by atoms with van der Waals surface area (Å²) in [5, 5.41) is 0.455. The third-order valence-electron chi connectivity index (χ3n) is 4.05. The lowest BCUT2D eigenvalue weighted by molar-refractivity contribution is -0.138. The average Bonchev–Trinajstić information content (AvgIpc) is 2.55. The van der Waals surface area contributed by atoms with Crippen molar-refractivity contribution in [2.45, 2.75) is 26.4 Å². The molecule has 0 aliphatic heterocycles. The van der Waals surface area contributed by atoms with Gasteiger partial charge in [-0.1, -0.05) is 29.8 Å². The maximum atomic E-state index is 13.2. The van der Waals surface area contributed by atoms with Crippen LogP contribution in [-0.4, -0.2) is 24.8 Å². The van der Waals surface area contributed by atoms with E-state index in [-0.39, 0.29) is 12.0 Å².